The average molecular weight is 510 g/mol. The van der Waals surface area contributed by atoms with Crippen LogP contribution in [0.3, 0.4) is 0 Å². The van der Waals surface area contributed by atoms with E-state index in [4.69, 9.17) is 25.8 Å². The maximum Gasteiger partial charge on any atom is 0.298 e. The Morgan fingerprint density at radius 1 is 0.857 bits per heavy atom. The number of imide groups is 1. The van der Waals surface area contributed by atoms with Crippen LogP contribution in [0.2, 0.25) is 5.02 Å². The van der Waals surface area contributed by atoms with Gasteiger partial charge in [-0.05, 0) is 67.6 Å². The molecule has 6 nitrogen and oxygen atoms in total. The minimum absolute atomic E-state index is 0.289. The first-order chi connectivity index (χ1) is 17.0. The third-order valence-corrected chi connectivity index (χ3v) is 6.34. The predicted octanol–water partition coefficient (Wildman–Crippen LogP) is 6.96. The molecule has 0 N–H and O–H groups in total. The molecule has 3 aromatic carbocycles. The zero-order chi connectivity index (χ0) is 24.8. The highest BCUT2D eigenvalue weighted by molar-refractivity contribution is 8.19. The lowest BCUT2D eigenvalue weighted by Crippen LogP contribution is -2.28. The van der Waals surface area contributed by atoms with Crippen LogP contribution in [0.4, 0.5) is 10.5 Å². The van der Waals surface area contributed by atoms with Crippen LogP contribution in [0.1, 0.15) is 25.0 Å². The lowest BCUT2D eigenvalue weighted by atomic mass is 10.1. The van der Waals surface area contributed by atoms with Gasteiger partial charge in [0.05, 0.1) is 23.8 Å². The first kappa shape index (κ1) is 24.7. The van der Waals surface area contributed by atoms with E-state index in [2.05, 4.69) is 0 Å². The summed E-state index contributed by atoms with van der Waals surface area (Å²) < 4.78 is 17.3. The van der Waals surface area contributed by atoms with Crippen LogP contribution in [0.5, 0.6) is 17.2 Å². The second kappa shape index (κ2) is 11.3. The van der Waals surface area contributed by atoms with Crippen molar-refractivity contribution in [3.05, 3.63) is 87.8 Å². The van der Waals surface area contributed by atoms with E-state index in [1.54, 1.807) is 42.5 Å². The van der Waals surface area contributed by atoms with E-state index in [1.807, 2.05) is 44.2 Å². The minimum Gasteiger partial charge on any atom is -0.492 e. The molecule has 0 aliphatic carbocycles. The van der Waals surface area contributed by atoms with Crippen molar-refractivity contribution in [3.8, 4) is 17.2 Å². The van der Waals surface area contributed by atoms with E-state index < -0.39 is 5.91 Å². The Morgan fingerprint density at radius 2 is 1.57 bits per heavy atom. The van der Waals surface area contributed by atoms with Crippen molar-refractivity contribution < 1.29 is 23.8 Å². The molecule has 1 aliphatic heterocycles. The van der Waals surface area contributed by atoms with Gasteiger partial charge in [-0.15, -0.1) is 0 Å². The molecule has 0 bridgehead atoms. The average Bonchev–Trinajstić information content (AvgIpc) is 3.13. The quantitative estimate of drug-likeness (QED) is 0.290. The van der Waals surface area contributed by atoms with Crippen LogP contribution >= 0.6 is 23.4 Å². The molecule has 180 valence electrons. The van der Waals surface area contributed by atoms with Crippen molar-refractivity contribution in [2.24, 2.45) is 0 Å². The standard InChI is InChI=1S/C27H24ClNO5S/c1-3-32-22-12-8-7-11-21(22)29-26(30)25(35-27(29)31)16-18-13-14-23(24(15-18)33-4-2)34-17-19-9-5-6-10-20(19)28/h5-16H,3-4,17H2,1-2H3/b25-16-. The fourth-order valence-corrected chi connectivity index (χ4v) is 4.54. The van der Waals surface area contributed by atoms with Crippen molar-refractivity contribution >= 4 is 46.3 Å². The molecule has 0 spiro atoms. The molecule has 8 heteroatoms. The number of benzene rings is 3. The maximum atomic E-state index is 13.1. The first-order valence-corrected chi connectivity index (χ1v) is 12.3. The highest BCUT2D eigenvalue weighted by Crippen LogP contribution is 2.40. The monoisotopic (exact) mass is 509 g/mol. The second-order valence-corrected chi connectivity index (χ2v) is 8.84. The van der Waals surface area contributed by atoms with Crippen molar-refractivity contribution in [2.75, 3.05) is 18.1 Å². The molecule has 0 atom stereocenters. The molecule has 1 saturated heterocycles. The molecule has 1 fully saturated rings. The van der Waals surface area contributed by atoms with Gasteiger partial charge in [-0.1, -0.05) is 48.0 Å². The van der Waals surface area contributed by atoms with Gasteiger partial charge >= 0.3 is 0 Å². The van der Waals surface area contributed by atoms with Crippen LogP contribution in [0.15, 0.2) is 71.6 Å². The summed E-state index contributed by atoms with van der Waals surface area (Å²) in [6.45, 7) is 4.88. The third-order valence-electron chi connectivity index (χ3n) is 5.11. The number of carbonyl (C=O) groups is 2. The minimum atomic E-state index is -0.399. The Labute approximate surface area is 213 Å². The molecular weight excluding hydrogens is 486 g/mol. The Hall–Kier alpha value is -3.42. The number of nitrogens with zero attached hydrogens (tertiary/aromatic N) is 1. The molecule has 3 aromatic rings. The SMILES string of the molecule is CCOc1cc(/C=C2\SC(=O)N(c3ccccc3OCC)C2=O)ccc1OCc1ccccc1Cl. The summed E-state index contributed by atoms with van der Waals surface area (Å²) in [6, 6.07) is 19.9. The molecule has 2 amide bonds. The van der Waals surface area contributed by atoms with E-state index in [-0.39, 0.29) is 11.8 Å². The van der Waals surface area contributed by atoms with E-state index in [1.165, 1.54) is 0 Å². The number of halogens is 1. The summed E-state index contributed by atoms with van der Waals surface area (Å²) in [5, 5.41) is 0.252. The Kier molecular flexibility index (Phi) is 8.00. The normalized spacial score (nSPS) is 14.5. The molecular formula is C27H24ClNO5S. The molecule has 0 aromatic heterocycles. The summed E-state index contributed by atoms with van der Waals surface area (Å²) in [7, 11) is 0. The number of thioether (sulfide) groups is 1. The van der Waals surface area contributed by atoms with Crippen LogP contribution in [-0.2, 0) is 11.4 Å². The van der Waals surface area contributed by atoms with Gasteiger partial charge in [-0.25, -0.2) is 4.90 Å². The molecule has 35 heavy (non-hydrogen) atoms. The number of rotatable bonds is 9. The third kappa shape index (κ3) is 5.63. The number of para-hydroxylation sites is 2. The largest absolute Gasteiger partial charge is 0.492 e. The number of hydrogen-bond donors (Lipinski definition) is 0. The van der Waals surface area contributed by atoms with Gasteiger partial charge in [0.25, 0.3) is 11.1 Å². The number of anilines is 1. The molecule has 0 saturated carbocycles. The zero-order valence-corrected chi connectivity index (χ0v) is 20.9. The van der Waals surface area contributed by atoms with Gasteiger partial charge in [0.15, 0.2) is 11.5 Å². The zero-order valence-electron chi connectivity index (χ0n) is 19.3. The fraction of sp³-hybridized carbons (Fsp3) is 0.185. The van der Waals surface area contributed by atoms with Crippen LogP contribution < -0.4 is 19.1 Å². The van der Waals surface area contributed by atoms with Gasteiger partial charge in [0.1, 0.15) is 12.4 Å². The van der Waals surface area contributed by atoms with E-state index >= 15 is 0 Å². The van der Waals surface area contributed by atoms with Gasteiger partial charge < -0.3 is 14.2 Å². The highest BCUT2D eigenvalue weighted by atomic mass is 35.5. The van der Waals surface area contributed by atoms with E-state index in [9.17, 15) is 9.59 Å². The van der Waals surface area contributed by atoms with Crippen molar-refractivity contribution in [3.63, 3.8) is 0 Å². The number of amides is 2. The van der Waals surface area contributed by atoms with Crippen molar-refractivity contribution in [2.45, 2.75) is 20.5 Å². The van der Waals surface area contributed by atoms with Crippen LogP contribution in [0.25, 0.3) is 6.08 Å². The second-order valence-electron chi connectivity index (χ2n) is 7.44. The summed E-state index contributed by atoms with van der Waals surface area (Å²) in [6.07, 6.45) is 1.68. The Morgan fingerprint density at radius 3 is 2.34 bits per heavy atom. The predicted molar refractivity (Wildman–Crippen MR) is 139 cm³/mol. The molecule has 0 radical (unpaired) electrons. The van der Waals surface area contributed by atoms with Crippen molar-refractivity contribution in [1.29, 1.82) is 0 Å². The summed E-state index contributed by atoms with van der Waals surface area (Å²) in [5.41, 5.74) is 2.00. The van der Waals surface area contributed by atoms with Gasteiger partial charge in [0, 0.05) is 10.6 Å². The Balaban J connectivity index is 1.57. The summed E-state index contributed by atoms with van der Waals surface area (Å²) in [5.74, 6) is 1.18. The van der Waals surface area contributed by atoms with Crippen LogP contribution in [-0.4, -0.2) is 24.4 Å². The fourth-order valence-electron chi connectivity index (χ4n) is 3.52. The van der Waals surface area contributed by atoms with E-state index in [0.717, 1.165) is 22.2 Å². The number of carbonyl (C=O) groups excluding carboxylic acids is 2. The molecule has 1 aliphatic rings. The number of ether oxygens (including phenoxy) is 3. The van der Waals surface area contributed by atoms with Crippen molar-refractivity contribution in [1.82, 2.24) is 0 Å². The lowest BCUT2D eigenvalue weighted by Gasteiger charge is -2.16. The molecule has 4 rings (SSSR count). The van der Waals surface area contributed by atoms with Gasteiger partial charge in [-0.2, -0.15) is 0 Å². The smallest absolute Gasteiger partial charge is 0.298 e. The Bertz CT molecular complexity index is 1280. The van der Waals surface area contributed by atoms with E-state index in [0.29, 0.717) is 51.6 Å². The maximum absolute atomic E-state index is 13.1. The molecule has 1 heterocycles. The van der Waals surface area contributed by atoms with Crippen LogP contribution in [0, 0.1) is 0 Å². The molecule has 0 unspecified atom stereocenters. The topological polar surface area (TPSA) is 65.1 Å². The van der Waals surface area contributed by atoms with Gasteiger partial charge in [0.2, 0.25) is 0 Å². The lowest BCUT2D eigenvalue weighted by molar-refractivity contribution is -0.113. The van der Waals surface area contributed by atoms with Gasteiger partial charge in [-0.3, -0.25) is 9.59 Å². The highest BCUT2D eigenvalue weighted by Gasteiger charge is 2.37. The summed E-state index contributed by atoms with van der Waals surface area (Å²) >= 11 is 7.12. The first-order valence-electron chi connectivity index (χ1n) is 11.1. The summed E-state index contributed by atoms with van der Waals surface area (Å²) in [4.78, 5) is 27.3. The number of hydrogen-bond acceptors (Lipinski definition) is 6.